The minimum absolute atomic E-state index is 0.0263. The second-order valence-electron chi connectivity index (χ2n) is 10.6. The van der Waals surface area contributed by atoms with Crippen molar-refractivity contribution in [2.45, 2.75) is 6.42 Å². The number of likely N-dealkylation sites (N-methyl/N-ethyl adjacent to an activating group) is 2. The van der Waals surface area contributed by atoms with Crippen molar-refractivity contribution < 1.29 is 59.8 Å². The van der Waals surface area contributed by atoms with E-state index in [-0.39, 0.29) is 50.6 Å². The lowest BCUT2D eigenvalue weighted by molar-refractivity contribution is -0.928. The zero-order valence-electron chi connectivity index (χ0n) is 28.0. The number of hydrogen-bond acceptors (Lipinski definition) is 14. The van der Waals surface area contributed by atoms with Crippen LogP contribution in [0.25, 0.3) is 11.1 Å². The number of nitrogens with zero attached hydrogens (tertiary/aromatic N) is 3. The molecule has 2 rings (SSSR count). The van der Waals surface area contributed by atoms with Crippen LogP contribution in [0.2, 0.25) is 0 Å². The number of aliphatic hydroxyl groups is 1. The third-order valence-corrected chi connectivity index (χ3v) is 7.80. The molecule has 0 fully saturated rings. The van der Waals surface area contributed by atoms with Gasteiger partial charge in [-0.3, -0.25) is 0 Å². The molecule has 0 saturated heterocycles. The van der Waals surface area contributed by atoms with Crippen molar-refractivity contribution in [3.63, 3.8) is 0 Å². The van der Waals surface area contributed by atoms with Crippen molar-refractivity contribution in [3.8, 4) is 16.9 Å². The fraction of sp³-hybridized carbons (Fsp3) is 0.548. The minimum atomic E-state index is -1.50. The maximum absolute atomic E-state index is 12.2. The summed E-state index contributed by atoms with van der Waals surface area (Å²) in [5.41, 5.74) is 2.19. The van der Waals surface area contributed by atoms with E-state index >= 15 is 0 Å². The van der Waals surface area contributed by atoms with E-state index < -0.39 is 34.5 Å². The van der Waals surface area contributed by atoms with Gasteiger partial charge in [0, 0.05) is 33.0 Å². The standard InChI is InChI=1S/C31H48N3O12S2/c1-32(45-47(3)38)15-23-41-30(36)43-25-19-34(18-21-35,20-26-44-31(37)42-24-16-33(2)46-48(4)39)17-8-22-40-29-13-11-28(12-14-29)27-9-6-5-7-10-27/h5-7,9-14,35H,8,15-26H2,1-4H3/q+1. The van der Waals surface area contributed by atoms with Gasteiger partial charge in [-0.2, -0.15) is 18.7 Å². The second-order valence-corrected chi connectivity index (χ2v) is 12.5. The van der Waals surface area contributed by atoms with Gasteiger partial charge in [0.05, 0.1) is 32.8 Å². The second kappa shape index (κ2) is 23.2. The Hall–Kier alpha value is -3.16. The normalized spacial score (nSPS) is 13.8. The molecule has 0 bridgehead atoms. The molecule has 15 nitrogen and oxygen atoms in total. The lowest BCUT2D eigenvalue weighted by Crippen LogP contribution is -2.54. The molecule has 0 aliphatic rings. The summed E-state index contributed by atoms with van der Waals surface area (Å²) >= 11 is -2.99. The highest BCUT2D eigenvalue weighted by Crippen LogP contribution is 2.22. The van der Waals surface area contributed by atoms with Gasteiger partial charge in [0.25, 0.3) is 0 Å². The molecular weight excluding hydrogens is 670 g/mol. The van der Waals surface area contributed by atoms with Crippen LogP contribution in [0.1, 0.15) is 6.42 Å². The highest BCUT2D eigenvalue weighted by atomic mass is 32.2. The van der Waals surface area contributed by atoms with Crippen LogP contribution in [0.15, 0.2) is 54.6 Å². The number of quaternary nitrogens is 1. The van der Waals surface area contributed by atoms with E-state index in [1.807, 2.05) is 54.6 Å². The van der Waals surface area contributed by atoms with Gasteiger partial charge in [0.15, 0.2) is 22.2 Å². The summed E-state index contributed by atoms with van der Waals surface area (Å²) < 4.78 is 59.1. The summed E-state index contributed by atoms with van der Waals surface area (Å²) in [5.74, 6) is 0.717. The van der Waals surface area contributed by atoms with Crippen LogP contribution < -0.4 is 4.74 Å². The summed E-state index contributed by atoms with van der Waals surface area (Å²) in [5, 5.41) is 12.5. The number of rotatable bonds is 24. The maximum Gasteiger partial charge on any atom is 0.508 e. The molecule has 0 radical (unpaired) electrons. The molecule has 2 atom stereocenters. The number of hydroxylamine groups is 4. The first-order chi connectivity index (χ1) is 23.0. The van der Waals surface area contributed by atoms with Gasteiger partial charge in [-0.25, -0.2) is 18.0 Å². The summed E-state index contributed by atoms with van der Waals surface area (Å²) in [4.78, 5) is 24.4. The van der Waals surface area contributed by atoms with Crippen molar-refractivity contribution >= 4 is 34.5 Å². The summed E-state index contributed by atoms with van der Waals surface area (Å²) in [6, 6.07) is 17.8. The zero-order valence-corrected chi connectivity index (χ0v) is 29.6. The van der Waals surface area contributed by atoms with E-state index in [0.29, 0.717) is 39.2 Å². The Labute approximate surface area is 287 Å². The Balaban J connectivity index is 1.92. The average molecular weight is 719 g/mol. The van der Waals surface area contributed by atoms with Crippen molar-refractivity contribution in [2.24, 2.45) is 0 Å². The number of ether oxygens (including phenoxy) is 5. The van der Waals surface area contributed by atoms with E-state index in [2.05, 4.69) is 0 Å². The van der Waals surface area contributed by atoms with Crippen molar-refractivity contribution in [1.82, 2.24) is 10.1 Å². The van der Waals surface area contributed by atoms with E-state index in [1.54, 1.807) is 14.1 Å². The van der Waals surface area contributed by atoms with Gasteiger partial charge < -0.3 is 33.3 Å². The van der Waals surface area contributed by atoms with Gasteiger partial charge in [0.2, 0.25) is 0 Å². The number of hydrogen-bond donors (Lipinski definition) is 1. The predicted molar refractivity (Wildman–Crippen MR) is 179 cm³/mol. The average Bonchev–Trinajstić information content (AvgIpc) is 3.03. The third kappa shape index (κ3) is 17.8. The Morgan fingerprint density at radius 2 is 1.15 bits per heavy atom. The van der Waals surface area contributed by atoms with Gasteiger partial charge in [-0.15, -0.1) is 0 Å². The fourth-order valence-electron chi connectivity index (χ4n) is 4.52. The van der Waals surface area contributed by atoms with Crippen LogP contribution in [-0.2, 0) is 49.7 Å². The SMILES string of the molecule is CN(CCOC(=O)OCC[N+](CCO)(CCCOc1ccc(-c2ccccc2)cc1)CCOC(=O)OCCN(C)OS(C)=O)OS(C)=O. The summed E-state index contributed by atoms with van der Waals surface area (Å²) in [6.07, 6.45) is 1.57. The molecular formula is C31H48N3O12S2+. The third-order valence-electron chi connectivity index (χ3n) is 6.87. The molecule has 0 aliphatic heterocycles. The molecule has 2 aromatic rings. The van der Waals surface area contributed by atoms with Crippen LogP contribution in [0.3, 0.4) is 0 Å². The zero-order chi connectivity index (χ0) is 35.2. The first kappa shape index (κ1) is 41.0. The number of carbonyl (C=O) groups excluding carboxylic acids is 2. The number of carbonyl (C=O) groups is 2. The molecule has 270 valence electrons. The van der Waals surface area contributed by atoms with E-state index in [4.69, 9.17) is 32.3 Å². The van der Waals surface area contributed by atoms with Crippen LogP contribution in [0.5, 0.6) is 5.75 Å². The Kier molecular flexibility index (Phi) is 19.9. The monoisotopic (exact) mass is 718 g/mol. The van der Waals surface area contributed by atoms with E-state index in [0.717, 1.165) is 16.9 Å². The summed E-state index contributed by atoms with van der Waals surface area (Å²) in [6.45, 7) is 1.88. The predicted octanol–water partition coefficient (Wildman–Crippen LogP) is 2.55. The maximum atomic E-state index is 12.2. The fourth-order valence-corrected chi connectivity index (χ4v) is 5.39. The molecule has 0 spiro atoms. The quantitative estimate of drug-likeness (QED) is 0.0730. The molecule has 0 saturated carbocycles. The van der Waals surface area contributed by atoms with Crippen molar-refractivity contribution in [1.29, 1.82) is 0 Å². The molecule has 2 aromatic carbocycles. The first-order valence-electron chi connectivity index (χ1n) is 15.3. The highest BCUT2D eigenvalue weighted by molar-refractivity contribution is 7.79. The lowest BCUT2D eigenvalue weighted by atomic mass is 10.1. The van der Waals surface area contributed by atoms with Gasteiger partial charge >= 0.3 is 12.3 Å². The topological polar surface area (TPSA) is 160 Å². The Morgan fingerprint density at radius 3 is 1.62 bits per heavy atom. The van der Waals surface area contributed by atoms with Crippen LogP contribution >= 0.6 is 0 Å². The molecule has 0 heterocycles. The molecule has 0 amide bonds. The van der Waals surface area contributed by atoms with Gasteiger partial charge in [-0.05, 0) is 23.3 Å². The molecule has 2 unspecified atom stereocenters. The lowest BCUT2D eigenvalue weighted by Gasteiger charge is -2.38. The number of aliphatic hydroxyl groups excluding tert-OH is 1. The smallest absolute Gasteiger partial charge is 0.493 e. The molecule has 17 heteroatoms. The van der Waals surface area contributed by atoms with Crippen LogP contribution in [-0.4, -0.2) is 146 Å². The van der Waals surface area contributed by atoms with Crippen LogP contribution in [0.4, 0.5) is 9.59 Å². The molecule has 0 aromatic heterocycles. The Bertz CT molecular complexity index is 1210. The first-order valence-corrected chi connectivity index (χ1v) is 18.3. The van der Waals surface area contributed by atoms with Crippen LogP contribution in [0, 0.1) is 0 Å². The van der Waals surface area contributed by atoms with Crippen molar-refractivity contribution in [3.05, 3.63) is 54.6 Å². The molecule has 1 N–H and O–H groups in total. The van der Waals surface area contributed by atoms with Gasteiger partial charge in [0.1, 0.15) is 51.8 Å². The van der Waals surface area contributed by atoms with Gasteiger partial charge in [-0.1, -0.05) is 42.5 Å². The van der Waals surface area contributed by atoms with Crippen molar-refractivity contribution in [2.75, 3.05) is 106 Å². The van der Waals surface area contributed by atoms with E-state index in [1.165, 1.54) is 22.6 Å². The Morgan fingerprint density at radius 1 is 0.667 bits per heavy atom. The minimum Gasteiger partial charge on any atom is -0.493 e. The molecule has 48 heavy (non-hydrogen) atoms. The highest BCUT2D eigenvalue weighted by Gasteiger charge is 2.28. The van der Waals surface area contributed by atoms with E-state index in [9.17, 15) is 23.1 Å². The largest absolute Gasteiger partial charge is 0.508 e. The molecule has 0 aliphatic carbocycles. The summed E-state index contributed by atoms with van der Waals surface area (Å²) in [7, 11) is 3.11. The number of benzene rings is 2.